The normalized spacial score (nSPS) is 20.7. The first-order chi connectivity index (χ1) is 15.1. The molecule has 2 aromatic rings. The van der Waals surface area contributed by atoms with Crippen molar-refractivity contribution in [2.45, 2.75) is 50.9 Å². The highest BCUT2D eigenvalue weighted by molar-refractivity contribution is 5.92. The molecule has 0 aromatic heterocycles. The second-order valence-corrected chi connectivity index (χ2v) is 8.30. The molecule has 0 spiro atoms. The summed E-state index contributed by atoms with van der Waals surface area (Å²) in [5, 5.41) is 26.2. The van der Waals surface area contributed by atoms with E-state index in [9.17, 15) is 15.0 Å². The number of aliphatic hydroxyl groups is 2. The van der Waals surface area contributed by atoms with E-state index in [2.05, 4.69) is 15.5 Å². The summed E-state index contributed by atoms with van der Waals surface area (Å²) in [5.74, 6) is 0.450. The molecule has 0 bridgehead atoms. The number of methoxy groups -OCH3 is 1. The van der Waals surface area contributed by atoms with Crippen molar-refractivity contribution in [1.29, 1.82) is 0 Å². The van der Waals surface area contributed by atoms with Crippen LogP contribution in [0.2, 0.25) is 0 Å². The van der Waals surface area contributed by atoms with Gasteiger partial charge in [0.1, 0.15) is 5.75 Å². The molecule has 1 aliphatic carbocycles. The summed E-state index contributed by atoms with van der Waals surface area (Å²) in [5.41, 5.74) is 4.01. The molecule has 1 heterocycles. The van der Waals surface area contributed by atoms with Crippen molar-refractivity contribution in [3.8, 4) is 5.75 Å². The van der Waals surface area contributed by atoms with Gasteiger partial charge in [0, 0.05) is 24.3 Å². The van der Waals surface area contributed by atoms with Crippen LogP contribution < -0.4 is 20.3 Å². The molecule has 2 amide bonds. The Kier molecular flexibility index (Phi) is 6.63. The molecule has 31 heavy (non-hydrogen) atoms. The van der Waals surface area contributed by atoms with E-state index in [-0.39, 0.29) is 6.61 Å². The molecule has 7 nitrogen and oxygen atoms in total. The van der Waals surface area contributed by atoms with Crippen LogP contribution in [-0.2, 0) is 13.0 Å². The van der Waals surface area contributed by atoms with Gasteiger partial charge in [-0.25, -0.2) is 4.79 Å². The fourth-order valence-electron chi connectivity index (χ4n) is 4.67. The first-order valence-electron chi connectivity index (χ1n) is 11.0. The zero-order chi connectivity index (χ0) is 21.8. The minimum Gasteiger partial charge on any atom is -0.494 e. The number of nitrogens with one attached hydrogen (secondary N) is 2. The van der Waals surface area contributed by atoms with E-state index in [1.165, 1.54) is 20.0 Å². The molecule has 0 radical (unpaired) electrons. The summed E-state index contributed by atoms with van der Waals surface area (Å²) in [6.45, 7) is 1.72. The van der Waals surface area contributed by atoms with Crippen LogP contribution in [0.3, 0.4) is 0 Å². The molecule has 166 valence electrons. The van der Waals surface area contributed by atoms with Crippen LogP contribution in [-0.4, -0.2) is 42.5 Å². The molecule has 4 N–H and O–H groups in total. The number of amides is 2. The van der Waals surface area contributed by atoms with Gasteiger partial charge in [-0.3, -0.25) is 0 Å². The third-order valence-electron chi connectivity index (χ3n) is 6.26. The molecule has 1 saturated heterocycles. The van der Waals surface area contributed by atoms with Crippen molar-refractivity contribution in [3.63, 3.8) is 0 Å². The van der Waals surface area contributed by atoms with Gasteiger partial charge in [-0.15, -0.1) is 0 Å². The van der Waals surface area contributed by atoms with Crippen LogP contribution in [0, 0.1) is 0 Å². The van der Waals surface area contributed by atoms with E-state index in [0.717, 1.165) is 42.7 Å². The minimum atomic E-state index is -0.736. The number of benzene rings is 2. The third-order valence-corrected chi connectivity index (χ3v) is 6.26. The maximum Gasteiger partial charge on any atom is 0.319 e. The average molecular weight is 426 g/mol. The highest BCUT2D eigenvalue weighted by Gasteiger charge is 2.32. The van der Waals surface area contributed by atoms with Gasteiger partial charge in [-0.1, -0.05) is 37.1 Å². The van der Waals surface area contributed by atoms with Crippen molar-refractivity contribution in [2.75, 3.05) is 30.4 Å². The lowest BCUT2D eigenvalue weighted by atomic mass is 10.1. The largest absolute Gasteiger partial charge is 0.494 e. The van der Waals surface area contributed by atoms with Gasteiger partial charge in [0.25, 0.3) is 0 Å². The van der Waals surface area contributed by atoms with E-state index >= 15 is 0 Å². The van der Waals surface area contributed by atoms with E-state index < -0.39 is 18.2 Å². The van der Waals surface area contributed by atoms with E-state index in [1.807, 2.05) is 36.4 Å². The number of carbonyl (C=O) groups excluding carboxylic acids is 1. The van der Waals surface area contributed by atoms with Crippen LogP contribution in [0.4, 0.5) is 16.2 Å². The number of hydrogen-bond donors (Lipinski definition) is 4. The number of fused-ring (bicyclic) bond motifs is 1. The van der Waals surface area contributed by atoms with Gasteiger partial charge < -0.3 is 30.5 Å². The minimum absolute atomic E-state index is 0.183. The van der Waals surface area contributed by atoms with Crippen molar-refractivity contribution in [3.05, 3.63) is 53.1 Å². The van der Waals surface area contributed by atoms with E-state index in [0.29, 0.717) is 23.4 Å². The third kappa shape index (κ3) is 4.62. The lowest BCUT2D eigenvalue weighted by Crippen LogP contribution is -2.40. The summed E-state index contributed by atoms with van der Waals surface area (Å²) in [6.07, 6.45) is 4.55. The Morgan fingerprint density at radius 3 is 2.58 bits per heavy atom. The second-order valence-electron chi connectivity index (χ2n) is 8.30. The molecule has 2 atom stereocenters. The van der Waals surface area contributed by atoms with Crippen LogP contribution in [0.15, 0.2) is 36.4 Å². The number of ether oxygens (including phenoxy) is 1. The predicted octanol–water partition coefficient (Wildman–Crippen LogP) is 3.35. The molecule has 0 saturated carbocycles. The fraction of sp³-hybridized carbons (Fsp3) is 0.458. The van der Waals surface area contributed by atoms with Crippen LogP contribution in [0.5, 0.6) is 5.75 Å². The van der Waals surface area contributed by atoms with Gasteiger partial charge >= 0.3 is 6.03 Å². The molecule has 7 heteroatoms. The van der Waals surface area contributed by atoms with Crippen molar-refractivity contribution >= 4 is 17.4 Å². The van der Waals surface area contributed by atoms with Gasteiger partial charge in [-0.05, 0) is 42.5 Å². The number of anilines is 2. The number of aliphatic hydroxyl groups excluding tert-OH is 2. The summed E-state index contributed by atoms with van der Waals surface area (Å²) in [6, 6.07) is 10.7. The topological polar surface area (TPSA) is 94.1 Å². The first kappa shape index (κ1) is 21.5. The number of carbonyl (C=O) groups is 1. The standard InChI is InChI=1S/C24H31N3O4/c1-31-23-17(15-28)12-18(27-10-6-2-3-7-11-27)14-21(23)26-24(30)25-20-13-16-8-4-5-9-19(16)22(20)29/h4-5,8-9,12,14,20,22,28-29H,2-3,6-7,10-11,13,15H2,1H3,(H2,25,26,30)/t20-,22?/m1/s1. The molecular formula is C24H31N3O4. The highest BCUT2D eigenvalue weighted by atomic mass is 16.5. The average Bonchev–Trinajstić information content (AvgIpc) is 2.95. The highest BCUT2D eigenvalue weighted by Crippen LogP contribution is 2.36. The summed E-state index contributed by atoms with van der Waals surface area (Å²) in [4.78, 5) is 15.1. The number of rotatable bonds is 5. The Morgan fingerprint density at radius 1 is 1.16 bits per heavy atom. The van der Waals surface area contributed by atoms with Crippen LogP contribution in [0.25, 0.3) is 0 Å². The zero-order valence-corrected chi connectivity index (χ0v) is 17.9. The van der Waals surface area contributed by atoms with Gasteiger partial charge in [-0.2, -0.15) is 0 Å². The molecule has 4 rings (SSSR count). The summed E-state index contributed by atoms with van der Waals surface area (Å²) < 4.78 is 5.51. The van der Waals surface area contributed by atoms with Crippen molar-refractivity contribution < 1.29 is 19.7 Å². The lowest BCUT2D eigenvalue weighted by molar-refractivity contribution is 0.145. The summed E-state index contributed by atoms with van der Waals surface area (Å²) >= 11 is 0. The molecule has 1 aliphatic heterocycles. The van der Waals surface area contributed by atoms with E-state index in [4.69, 9.17) is 4.74 Å². The smallest absolute Gasteiger partial charge is 0.319 e. The quantitative estimate of drug-likeness (QED) is 0.590. The second kappa shape index (κ2) is 9.58. The number of urea groups is 1. The van der Waals surface area contributed by atoms with E-state index in [1.54, 1.807) is 0 Å². The zero-order valence-electron chi connectivity index (χ0n) is 17.9. The fourth-order valence-corrected chi connectivity index (χ4v) is 4.67. The first-order valence-corrected chi connectivity index (χ1v) is 11.0. The Morgan fingerprint density at radius 2 is 1.90 bits per heavy atom. The van der Waals surface area contributed by atoms with Gasteiger partial charge in [0.2, 0.25) is 0 Å². The Labute approximate surface area is 183 Å². The maximum atomic E-state index is 12.8. The van der Waals surface area contributed by atoms with Crippen LogP contribution in [0.1, 0.15) is 48.5 Å². The van der Waals surface area contributed by atoms with Gasteiger partial charge in [0.05, 0.1) is 31.5 Å². The van der Waals surface area contributed by atoms with Crippen molar-refractivity contribution in [1.82, 2.24) is 5.32 Å². The maximum absolute atomic E-state index is 12.8. The molecule has 1 fully saturated rings. The number of hydrogen-bond acceptors (Lipinski definition) is 5. The monoisotopic (exact) mass is 425 g/mol. The van der Waals surface area contributed by atoms with Crippen LogP contribution >= 0.6 is 0 Å². The van der Waals surface area contributed by atoms with Gasteiger partial charge in [0.15, 0.2) is 0 Å². The molecule has 2 aliphatic rings. The Hall–Kier alpha value is -2.77. The molecular weight excluding hydrogens is 394 g/mol. The molecule has 1 unspecified atom stereocenters. The summed E-state index contributed by atoms with van der Waals surface area (Å²) in [7, 11) is 1.53. The predicted molar refractivity (Wildman–Crippen MR) is 121 cm³/mol. The Balaban J connectivity index is 1.52. The molecule has 2 aromatic carbocycles. The lowest BCUT2D eigenvalue weighted by Gasteiger charge is -2.26. The Bertz CT molecular complexity index is 925. The van der Waals surface area contributed by atoms with Crippen molar-refractivity contribution in [2.24, 2.45) is 0 Å². The SMILES string of the molecule is COc1c(CO)cc(N2CCCCCC2)cc1NC(=O)N[C@@H]1Cc2ccccc2C1O. The number of nitrogens with zero attached hydrogens (tertiary/aromatic N) is 1.